The molecule has 5 nitrogen and oxygen atoms in total. The summed E-state index contributed by atoms with van der Waals surface area (Å²) in [5, 5.41) is 0. The summed E-state index contributed by atoms with van der Waals surface area (Å²) in [6, 6.07) is 4.71. The zero-order valence-electron chi connectivity index (χ0n) is 18.5. The van der Waals surface area contributed by atoms with E-state index < -0.39 is 0 Å². The minimum absolute atomic E-state index is 0.375. The summed E-state index contributed by atoms with van der Waals surface area (Å²) < 4.78 is 0. The Balaban J connectivity index is 1.59. The molecule has 2 unspecified atom stereocenters. The van der Waals surface area contributed by atoms with Gasteiger partial charge in [-0.25, -0.2) is 4.98 Å². The molecule has 0 radical (unpaired) electrons. The average Bonchev–Trinajstić information content (AvgIpc) is 3.10. The Morgan fingerprint density at radius 1 is 1.33 bits per heavy atom. The molecule has 2 atom stereocenters. The summed E-state index contributed by atoms with van der Waals surface area (Å²) in [5.41, 5.74) is 4.82. The van der Waals surface area contributed by atoms with Crippen LogP contribution in [-0.2, 0) is 13.0 Å². The molecular formula is C25H35N5. The minimum Gasteiger partial charge on any atom is -0.344 e. The van der Waals surface area contributed by atoms with Crippen molar-refractivity contribution >= 4 is 6.08 Å². The van der Waals surface area contributed by atoms with Crippen LogP contribution >= 0.6 is 0 Å². The first-order valence-corrected chi connectivity index (χ1v) is 11.3. The van der Waals surface area contributed by atoms with Gasteiger partial charge in [-0.15, -0.1) is 0 Å². The lowest BCUT2D eigenvalue weighted by atomic mass is 9.89. The molecule has 4 rings (SSSR count). The quantitative estimate of drug-likeness (QED) is 0.688. The van der Waals surface area contributed by atoms with E-state index in [1.165, 1.54) is 50.0 Å². The van der Waals surface area contributed by atoms with Crippen LogP contribution in [0.4, 0.5) is 0 Å². The first-order valence-electron chi connectivity index (χ1n) is 11.3. The highest BCUT2D eigenvalue weighted by molar-refractivity contribution is 5.49. The van der Waals surface area contributed by atoms with Gasteiger partial charge in [-0.1, -0.05) is 24.8 Å². The summed E-state index contributed by atoms with van der Waals surface area (Å²) in [7, 11) is 2.25. The van der Waals surface area contributed by atoms with Gasteiger partial charge in [0.1, 0.15) is 5.82 Å². The van der Waals surface area contributed by atoms with Crippen molar-refractivity contribution in [3.05, 3.63) is 65.5 Å². The predicted octanol–water partition coefficient (Wildman–Crippen LogP) is 4.53. The normalized spacial score (nSPS) is 22.5. The molecule has 0 amide bonds. The van der Waals surface area contributed by atoms with Gasteiger partial charge in [-0.3, -0.25) is 9.88 Å². The van der Waals surface area contributed by atoms with E-state index in [4.69, 9.17) is 9.97 Å². The largest absolute Gasteiger partial charge is 0.344 e. The molecule has 30 heavy (non-hydrogen) atoms. The van der Waals surface area contributed by atoms with Crippen molar-refractivity contribution in [3.63, 3.8) is 0 Å². The van der Waals surface area contributed by atoms with E-state index in [1.54, 1.807) is 6.08 Å². The fourth-order valence-electron chi connectivity index (χ4n) is 5.12. The van der Waals surface area contributed by atoms with Gasteiger partial charge in [0.15, 0.2) is 0 Å². The molecule has 3 heterocycles. The molecule has 5 heteroatoms. The zero-order valence-corrected chi connectivity index (χ0v) is 18.5. The zero-order chi connectivity index (χ0) is 20.9. The molecule has 1 aliphatic heterocycles. The molecule has 2 aromatic heterocycles. The highest BCUT2D eigenvalue weighted by Crippen LogP contribution is 2.35. The third-order valence-corrected chi connectivity index (χ3v) is 6.54. The Labute approximate surface area is 180 Å². The number of likely N-dealkylation sites (tertiary alicyclic amines) is 1. The smallest absolute Gasteiger partial charge is 0.121 e. The van der Waals surface area contributed by atoms with Crippen LogP contribution in [0.15, 0.2) is 37.1 Å². The molecule has 2 aliphatic rings. The Hall–Kier alpha value is -2.24. The van der Waals surface area contributed by atoms with Crippen LogP contribution in [0.3, 0.4) is 0 Å². The monoisotopic (exact) mass is 405 g/mol. The van der Waals surface area contributed by atoms with E-state index >= 15 is 0 Å². The molecule has 1 N–H and O–H groups in total. The lowest BCUT2D eigenvalue weighted by Gasteiger charge is -2.39. The van der Waals surface area contributed by atoms with E-state index in [9.17, 15) is 0 Å². The number of rotatable bonds is 7. The highest BCUT2D eigenvalue weighted by atomic mass is 15.2. The second kappa shape index (κ2) is 9.71. The first-order chi connectivity index (χ1) is 14.6. The van der Waals surface area contributed by atoms with Crippen molar-refractivity contribution < 1.29 is 0 Å². The molecule has 0 saturated carbocycles. The fourth-order valence-corrected chi connectivity index (χ4v) is 5.12. The van der Waals surface area contributed by atoms with Crippen molar-refractivity contribution in [3.8, 4) is 0 Å². The maximum atomic E-state index is 4.88. The van der Waals surface area contributed by atoms with Crippen LogP contribution in [0.2, 0.25) is 0 Å². The molecular weight excluding hydrogens is 370 g/mol. The number of piperidine rings is 1. The summed E-state index contributed by atoms with van der Waals surface area (Å²) in [5.74, 6) is 1.75. The fraction of sp³-hybridized carbons (Fsp3) is 0.520. The van der Waals surface area contributed by atoms with Crippen molar-refractivity contribution in [2.75, 3.05) is 26.7 Å². The van der Waals surface area contributed by atoms with Crippen LogP contribution in [0.25, 0.3) is 6.08 Å². The van der Waals surface area contributed by atoms with E-state index in [1.807, 2.05) is 18.3 Å². The number of nitrogens with zero attached hydrogens (tertiary/aromatic N) is 4. The van der Waals surface area contributed by atoms with Crippen LogP contribution in [0, 0.1) is 12.8 Å². The highest BCUT2D eigenvalue weighted by Gasteiger charge is 2.30. The molecule has 0 bridgehead atoms. The van der Waals surface area contributed by atoms with Crippen molar-refractivity contribution in [1.29, 1.82) is 0 Å². The number of allylic oxidation sites excluding steroid dienone is 2. The van der Waals surface area contributed by atoms with E-state index in [0.717, 1.165) is 36.7 Å². The molecule has 160 valence electrons. The van der Waals surface area contributed by atoms with Crippen molar-refractivity contribution in [2.24, 2.45) is 5.92 Å². The predicted molar refractivity (Wildman–Crippen MR) is 123 cm³/mol. The summed E-state index contributed by atoms with van der Waals surface area (Å²) in [6.07, 6.45) is 13.9. The van der Waals surface area contributed by atoms with Crippen molar-refractivity contribution in [1.82, 2.24) is 24.8 Å². The lowest BCUT2D eigenvalue weighted by molar-refractivity contribution is 0.102. The molecule has 0 spiro atoms. The summed E-state index contributed by atoms with van der Waals surface area (Å²) in [4.78, 5) is 18.4. The number of aryl methyl sites for hydroxylation is 2. The number of nitrogens with one attached hydrogen (secondary N) is 1. The first kappa shape index (κ1) is 21.0. The SMILES string of the molecule is C=C/C=C\c1nc(CN(CC2CCCN(C)C2)C2CCCc3cccnc32)[nH]c1C. The minimum atomic E-state index is 0.375. The Kier molecular flexibility index (Phi) is 6.80. The Morgan fingerprint density at radius 2 is 2.23 bits per heavy atom. The van der Waals surface area contributed by atoms with Gasteiger partial charge < -0.3 is 9.88 Å². The molecule has 1 aliphatic carbocycles. The maximum Gasteiger partial charge on any atom is 0.121 e. The summed E-state index contributed by atoms with van der Waals surface area (Å²) >= 11 is 0. The summed E-state index contributed by atoms with van der Waals surface area (Å²) in [6.45, 7) is 10.2. The number of hydrogen-bond donors (Lipinski definition) is 1. The maximum absolute atomic E-state index is 4.88. The van der Waals surface area contributed by atoms with Gasteiger partial charge >= 0.3 is 0 Å². The van der Waals surface area contributed by atoms with Gasteiger partial charge in [-0.2, -0.15) is 0 Å². The van der Waals surface area contributed by atoms with Crippen molar-refractivity contribution in [2.45, 2.75) is 51.6 Å². The van der Waals surface area contributed by atoms with Crippen LogP contribution in [-0.4, -0.2) is 51.4 Å². The van der Waals surface area contributed by atoms with Crippen LogP contribution < -0.4 is 0 Å². The number of pyridine rings is 1. The van der Waals surface area contributed by atoms with Gasteiger partial charge in [0.25, 0.3) is 0 Å². The van der Waals surface area contributed by atoms with Gasteiger partial charge in [0.05, 0.1) is 24.0 Å². The number of aromatic nitrogens is 3. The van der Waals surface area contributed by atoms with E-state index in [2.05, 4.69) is 47.5 Å². The average molecular weight is 406 g/mol. The van der Waals surface area contributed by atoms with Gasteiger partial charge in [0, 0.05) is 25.0 Å². The molecule has 2 aromatic rings. The standard InChI is InChI=1S/C25H35N5/c1-4-5-12-22-19(2)27-24(28-22)18-30(17-20-9-8-15-29(3)16-20)23-13-6-10-21-11-7-14-26-25(21)23/h4-5,7,11-12,14,20,23H,1,6,8-10,13,15-18H2,2-3H3,(H,27,28)/b12-5-. The van der Waals surface area contributed by atoms with E-state index in [0.29, 0.717) is 12.0 Å². The van der Waals surface area contributed by atoms with Gasteiger partial charge in [0.2, 0.25) is 0 Å². The Bertz CT molecular complexity index is 883. The van der Waals surface area contributed by atoms with Crippen LogP contribution in [0.1, 0.15) is 60.2 Å². The number of imidazole rings is 1. The van der Waals surface area contributed by atoms with Gasteiger partial charge in [-0.05, 0) is 76.2 Å². The number of fused-ring (bicyclic) bond motifs is 1. The second-order valence-corrected chi connectivity index (χ2v) is 8.94. The molecule has 1 saturated heterocycles. The van der Waals surface area contributed by atoms with E-state index in [-0.39, 0.29) is 0 Å². The molecule has 1 fully saturated rings. The second-order valence-electron chi connectivity index (χ2n) is 8.94. The van der Waals surface area contributed by atoms with Crippen LogP contribution in [0.5, 0.6) is 0 Å². The lowest BCUT2D eigenvalue weighted by Crippen LogP contribution is -2.41. The number of aromatic amines is 1. The third-order valence-electron chi connectivity index (χ3n) is 6.54. The molecule has 0 aromatic carbocycles. The third kappa shape index (κ3) is 4.90. The Morgan fingerprint density at radius 3 is 3.07 bits per heavy atom. The number of H-pyrrole nitrogens is 1. The number of hydrogen-bond acceptors (Lipinski definition) is 4. The topological polar surface area (TPSA) is 48.1 Å².